The van der Waals surface area contributed by atoms with E-state index in [1.54, 1.807) is 6.92 Å². The van der Waals surface area contributed by atoms with E-state index in [1.165, 1.54) is 18.5 Å². The van der Waals surface area contributed by atoms with Crippen molar-refractivity contribution in [3.8, 4) is 11.6 Å². The first-order chi connectivity index (χ1) is 13.4. The molecule has 2 aromatic heterocycles. The Kier molecular flexibility index (Phi) is 6.01. The normalized spacial score (nSPS) is 10.7. The summed E-state index contributed by atoms with van der Waals surface area (Å²) in [6.45, 7) is 1.86. The summed E-state index contributed by atoms with van der Waals surface area (Å²) in [7, 11) is 1.85. The summed E-state index contributed by atoms with van der Waals surface area (Å²) in [5.41, 5.74) is 1.02. The Morgan fingerprint density at radius 1 is 1.21 bits per heavy atom. The van der Waals surface area contributed by atoms with Gasteiger partial charge in [0.15, 0.2) is 5.75 Å². The van der Waals surface area contributed by atoms with Gasteiger partial charge in [-0.3, -0.25) is 9.59 Å². The number of halogens is 2. The predicted octanol–water partition coefficient (Wildman–Crippen LogP) is 3.96. The van der Waals surface area contributed by atoms with Gasteiger partial charge in [0.2, 0.25) is 11.8 Å². The molecule has 0 saturated carbocycles. The highest BCUT2D eigenvalue weighted by atomic mass is 35.5. The molecule has 0 aliphatic carbocycles. The summed E-state index contributed by atoms with van der Waals surface area (Å²) in [6.07, 6.45) is 2.80. The fourth-order valence-electron chi connectivity index (χ4n) is 2.51. The molecular formula is C18H16Cl2N4O4. The molecule has 1 amide bonds. The number of hydrogen-bond acceptors (Lipinski definition) is 6. The van der Waals surface area contributed by atoms with E-state index in [9.17, 15) is 9.59 Å². The van der Waals surface area contributed by atoms with Gasteiger partial charge in [-0.05, 0) is 25.1 Å². The highest BCUT2D eigenvalue weighted by Crippen LogP contribution is 2.39. The maximum Gasteiger partial charge on any atom is 0.315 e. The SMILES string of the molecule is CCOC(=O)CC(=O)Nc1cc(Cl)c(Oc2ncnc3c2ccn3C)c(Cl)c1. The van der Waals surface area contributed by atoms with E-state index in [4.69, 9.17) is 32.7 Å². The molecule has 0 spiro atoms. The van der Waals surface area contributed by atoms with Crippen molar-refractivity contribution in [3.63, 3.8) is 0 Å². The molecule has 1 aromatic carbocycles. The van der Waals surface area contributed by atoms with E-state index in [0.29, 0.717) is 22.6 Å². The predicted molar refractivity (Wildman–Crippen MR) is 105 cm³/mol. The van der Waals surface area contributed by atoms with Crippen LogP contribution in [-0.4, -0.2) is 33.0 Å². The Hall–Kier alpha value is -2.84. The van der Waals surface area contributed by atoms with E-state index in [-0.39, 0.29) is 22.4 Å². The first kappa shape index (κ1) is 19.9. The molecule has 0 atom stereocenters. The van der Waals surface area contributed by atoms with Crippen molar-refractivity contribution >= 4 is 51.8 Å². The number of aromatic nitrogens is 3. The van der Waals surface area contributed by atoms with Crippen LogP contribution < -0.4 is 10.1 Å². The van der Waals surface area contributed by atoms with Gasteiger partial charge in [0.1, 0.15) is 18.4 Å². The number of carbonyl (C=O) groups is 2. The summed E-state index contributed by atoms with van der Waals surface area (Å²) in [6, 6.07) is 4.75. The van der Waals surface area contributed by atoms with Crippen LogP contribution in [0, 0.1) is 0 Å². The van der Waals surface area contributed by atoms with Crippen LogP contribution in [0.25, 0.3) is 11.0 Å². The number of fused-ring (bicyclic) bond motifs is 1. The number of hydrogen-bond donors (Lipinski definition) is 1. The third-order valence-electron chi connectivity index (χ3n) is 3.72. The molecule has 3 rings (SSSR count). The van der Waals surface area contributed by atoms with E-state index in [2.05, 4.69) is 15.3 Å². The lowest BCUT2D eigenvalue weighted by molar-refractivity contribution is -0.145. The van der Waals surface area contributed by atoms with Crippen LogP contribution in [0.4, 0.5) is 5.69 Å². The van der Waals surface area contributed by atoms with Crippen molar-refractivity contribution in [2.75, 3.05) is 11.9 Å². The van der Waals surface area contributed by atoms with Crippen molar-refractivity contribution < 1.29 is 19.1 Å². The van der Waals surface area contributed by atoms with Crippen molar-refractivity contribution in [1.29, 1.82) is 0 Å². The number of nitrogens with zero attached hydrogens (tertiary/aromatic N) is 3. The Labute approximate surface area is 170 Å². The number of anilines is 1. The summed E-state index contributed by atoms with van der Waals surface area (Å²) in [4.78, 5) is 31.6. The average molecular weight is 423 g/mol. The van der Waals surface area contributed by atoms with Gasteiger partial charge in [0, 0.05) is 18.9 Å². The highest BCUT2D eigenvalue weighted by Gasteiger charge is 2.17. The van der Waals surface area contributed by atoms with Gasteiger partial charge in [-0.15, -0.1) is 0 Å². The first-order valence-corrected chi connectivity index (χ1v) is 9.03. The van der Waals surface area contributed by atoms with Gasteiger partial charge >= 0.3 is 5.97 Å². The number of amides is 1. The number of benzene rings is 1. The molecule has 28 heavy (non-hydrogen) atoms. The molecule has 0 saturated heterocycles. The lowest BCUT2D eigenvalue weighted by Gasteiger charge is -2.12. The number of esters is 1. The minimum Gasteiger partial charge on any atom is -0.466 e. The zero-order valence-electron chi connectivity index (χ0n) is 15.0. The molecule has 146 valence electrons. The lowest BCUT2D eigenvalue weighted by atomic mass is 10.2. The van der Waals surface area contributed by atoms with Gasteiger partial charge < -0.3 is 19.4 Å². The monoisotopic (exact) mass is 422 g/mol. The van der Waals surface area contributed by atoms with Crippen LogP contribution in [0.15, 0.2) is 30.7 Å². The molecule has 0 aliphatic heterocycles. The Morgan fingerprint density at radius 2 is 1.93 bits per heavy atom. The number of nitrogens with one attached hydrogen (secondary N) is 1. The molecule has 10 heteroatoms. The Bertz CT molecular complexity index is 1030. The van der Waals surface area contributed by atoms with Crippen LogP contribution in [-0.2, 0) is 21.4 Å². The van der Waals surface area contributed by atoms with Gasteiger partial charge in [0.25, 0.3) is 0 Å². The number of ether oxygens (including phenoxy) is 2. The van der Waals surface area contributed by atoms with Crippen molar-refractivity contribution in [2.45, 2.75) is 13.3 Å². The van der Waals surface area contributed by atoms with E-state index in [0.717, 1.165) is 0 Å². The van der Waals surface area contributed by atoms with Crippen molar-refractivity contribution in [3.05, 3.63) is 40.8 Å². The van der Waals surface area contributed by atoms with Crippen molar-refractivity contribution in [1.82, 2.24) is 14.5 Å². The zero-order chi connectivity index (χ0) is 20.3. The Morgan fingerprint density at radius 3 is 2.61 bits per heavy atom. The van der Waals surface area contributed by atoms with Crippen molar-refractivity contribution in [2.24, 2.45) is 7.05 Å². The van der Waals surface area contributed by atoms with Gasteiger partial charge in [0.05, 0.1) is 22.0 Å². The average Bonchev–Trinajstić information content (AvgIpc) is 3.00. The molecule has 8 nitrogen and oxygen atoms in total. The minimum atomic E-state index is -0.618. The minimum absolute atomic E-state index is 0.168. The van der Waals surface area contributed by atoms with E-state index in [1.807, 2.05) is 23.9 Å². The van der Waals surface area contributed by atoms with Gasteiger partial charge in [-0.1, -0.05) is 23.2 Å². The standard InChI is InChI=1S/C18H16Cl2N4O4/c1-3-27-15(26)8-14(25)23-10-6-12(19)16(13(20)7-10)28-18-11-4-5-24(2)17(11)21-9-22-18/h4-7,9H,3,8H2,1-2H3,(H,23,25). The smallest absolute Gasteiger partial charge is 0.315 e. The number of aryl methyl sites for hydroxylation is 1. The second-order valence-corrected chi connectivity index (χ2v) is 6.56. The quantitative estimate of drug-likeness (QED) is 0.477. The second-order valence-electron chi connectivity index (χ2n) is 5.74. The first-order valence-electron chi connectivity index (χ1n) is 8.27. The van der Waals surface area contributed by atoms with E-state index >= 15 is 0 Å². The van der Waals surface area contributed by atoms with Crippen LogP contribution in [0.1, 0.15) is 13.3 Å². The molecule has 3 aromatic rings. The highest BCUT2D eigenvalue weighted by molar-refractivity contribution is 6.37. The largest absolute Gasteiger partial charge is 0.466 e. The van der Waals surface area contributed by atoms with E-state index < -0.39 is 18.3 Å². The summed E-state index contributed by atoms with van der Waals surface area (Å²) in [5.74, 6) is -0.669. The van der Waals surface area contributed by atoms with Crippen LogP contribution in [0.3, 0.4) is 0 Å². The fourth-order valence-corrected chi connectivity index (χ4v) is 3.07. The maximum absolute atomic E-state index is 11.9. The second kappa shape index (κ2) is 8.45. The molecule has 0 fully saturated rings. The molecule has 2 heterocycles. The topological polar surface area (TPSA) is 95.3 Å². The summed E-state index contributed by atoms with van der Waals surface area (Å²) >= 11 is 12.6. The summed E-state index contributed by atoms with van der Waals surface area (Å²) < 4.78 is 12.4. The third-order valence-corrected chi connectivity index (χ3v) is 4.28. The molecule has 0 bridgehead atoms. The number of rotatable bonds is 6. The van der Waals surface area contributed by atoms with Crippen LogP contribution in [0.5, 0.6) is 11.6 Å². The molecular weight excluding hydrogens is 407 g/mol. The third kappa shape index (κ3) is 4.35. The molecule has 0 unspecified atom stereocenters. The maximum atomic E-state index is 11.9. The summed E-state index contributed by atoms with van der Waals surface area (Å²) in [5, 5.41) is 3.58. The van der Waals surface area contributed by atoms with Crippen LogP contribution in [0.2, 0.25) is 10.0 Å². The number of carbonyl (C=O) groups excluding carboxylic acids is 2. The van der Waals surface area contributed by atoms with Crippen LogP contribution >= 0.6 is 23.2 Å². The lowest BCUT2D eigenvalue weighted by Crippen LogP contribution is -2.18. The molecule has 1 N–H and O–H groups in total. The van der Waals surface area contributed by atoms with Gasteiger partial charge in [-0.25, -0.2) is 9.97 Å². The molecule has 0 aliphatic rings. The molecule has 0 radical (unpaired) electrons. The zero-order valence-corrected chi connectivity index (χ0v) is 16.5. The Balaban J connectivity index is 1.80. The van der Waals surface area contributed by atoms with Gasteiger partial charge in [-0.2, -0.15) is 0 Å². The fraction of sp³-hybridized carbons (Fsp3) is 0.222.